The minimum absolute atomic E-state index is 0.0199. The monoisotopic (exact) mass is 303 g/mol. The van der Waals surface area contributed by atoms with Gasteiger partial charge in [0.1, 0.15) is 0 Å². The van der Waals surface area contributed by atoms with Gasteiger partial charge < -0.3 is 10.4 Å². The number of hydrogen-bond donors (Lipinski definition) is 2. The second-order valence-corrected chi connectivity index (χ2v) is 6.33. The minimum atomic E-state index is -0.769. The van der Waals surface area contributed by atoms with Crippen molar-refractivity contribution in [1.29, 1.82) is 0 Å². The molecule has 2 rings (SSSR count). The predicted molar refractivity (Wildman–Crippen MR) is 85.5 cm³/mol. The SMILES string of the molecule is CC(CCc1ccccc1)NC(=O)C1CCCC(C(=O)O)C1. The van der Waals surface area contributed by atoms with Crippen LogP contribution in [0.5, 0.6) is 0 Å². The third-order valence-electron chi connectivity index (χ3n) is 4.49. The lowest BCUT2D eigenvalue weighted by Crippen LogP contribution is -2.40. The van der Waals surface area contributed by atoms with Crippen molar-refractivity contribution >= 4 is 11.9 Å². The summed E-state index contributed by atoms with van der Waals surface area (Å²) in [6.07, 6.45) is 4.64. The topological polar surface area (TPSA) is 66.4 Å². The quantitative estimate of drug-likeness (QED) is 0.849. The molecule has 2 N–H and O–H groups in total. The van der Waals surface area contributed by atoms with Crippen LogP contribution in [0.3, 0.4) is 0 Å². The smallest absolute Gasteiger partial charge is 0.306 e. The highest BCUT2D eigenvalue weighted by Crippen LogP contribution is 2.29. The van der Waals surface area contributed by atoms with Gasteiger partial charge in [-0.3, -0.25) is 9.59 Å². The van der Waals surface area contributed by atoms with Crippen molar-refractivity contribution in [2.24, 2.45) is 11.8 Å². The zero-order valence-electron chi connectivity index (χ0n) is 13.1. The fourth-order valence-corrected chi connectivity index (χ4v) is 3.11. The first kappa shape index (κ1) is 16.5. The molecule has 1 aromatic rings. The average molecular weight is 303 g/mol. The minimum Gasteiger partial charge on any atom is -0.481 e. The van der Waals surface area contributed by atoms with E-state index in [1.165, 1.54) is 5.56 Å². The average Bonchev–Trinajstić information content (AvgIpc) is 2.54. The Balaban J connectivity index is 1.77. The maximum absolute atomic E-state index is 12.3. The van der Waals surface area contributed by atoms with Crippen LogP contribution in [-0.2, 0) is 16.0 Å². The summed E-state index contributed by atoms with van der Waals surface area (Å²) < 4.78 is 0. The molecule has 4 heteroatoms. The van der Waals surface area contributed by atoms with Crippen LogP contribution in [0, 0.1) is 11.8 Å². The first-order valence-corrected chi connectivity index (χ1v) is 8.13. The molecule has 1 fully saturated rings. The van der Waals surface area contributed by atoms with Gasteiger partial charge in [-0.25, -0.2) is 0 Å². The van der Waals surface area contributed by atoms with Crippen LogP contribution in [0.1, 0.15) is 44.6 Å². The summed E-state index contributed by atoms with van der Waals surface area (Å²) in [5.74, 6) is -1.25. The van der Waals surface area contributed by atoms with Gasteiger partial charge in [-0.05, 0) is 44.6 Å². The highest BCUT2D eigenvalue weighted by Gasteiger charge is 2.31. The van der Waals surface area contributed by atoms with E-state index in [4.69, 9.17) is 5.11 Å². The molecule has 1 aliphatic carbocycles. The molecule has 4 nitrogen and oxygen atoms in total. The molecular weight excluding hydrogens is 278 g/mol. The Bertz CT molecular complexity index is 500. The van der Waals surface area contributed by atoms with Crippen molar-refractivity contribution < 1.29 is 14.7 Å². The Kier molecular flexibility index (Phi) is 5.99. The number of benzene rings is 1. The lowest BCUT2D eigenvalue weighted by molar-refractivity contribution is -0.144. The first-order chi connectivity index (χ1) is 10.6. The van der Waals surface area contributed by atoms with Crippen molar-refractivity contribution in [3.63, 3.8) is 0 Å². The van der Waals surface area contributed by atoms with Crippen LogP contribution in [0.15, 0.2) is 30.3 Å². The Morgan fingerprint density at radius 3 is 2.59 bits per heavy atom. The van der Waals surface area contributed by atoms with E-state index in [2.05, 4.69) is 17.4 Å². The van der Waals surface area contributed by atoms with Gasteiger partial charge >= 0.3 is 5.97 Å². The second kappa shape index (κ2) is 7.97. The zero-order valence-corrected chi connectivity index (χ0v) is 13.1. The number of amides is 1. The summed E-state index contributed by atoms with van der Waals surface area (Å²) in [5, 5.41) is 12.1. The molecule has 0 bridgehead atoms. The number of carboxylic acids is 1. The summed E-state index contributed by atoms with van der Waals surface area (Å²) >= 11 is 0. The molecule has 120 valence electrons. The third kappa shape index (κ3) is 4.86. The molecule has 0 aliphatic heterocycles. The normalized spacial score (nSPS) is 22.8. The molecule has 3 atom stereocenters. The third-order valence-corrected chi connectivity index (χ3v) is 4.49. The zero-order chi connectivity index (χ0) is 15.9. The van der Waals surface area contributed by atoms with Crippen molar-refractivity contribution in [3.05, 3.63) is 35.9 Å². The van der Waals surface area contributed by atoms with Gasteiger partial charge in [0.05, 0.1) is 5.92 Å². The molecule has 0 spiro atoms. The lowest BCUT2D eigenvalue weighted by atomic mass is 9.81. The van der Waals surface area contributed by atoms with Crippen molar-refractivity contribution in [2.45, 2.75) is 51.5 Å². The van der Waals surface area contributed by atoms with Gasteiger partial charge in [-0.15, -0.1) is 0 Å². The Labute approximate surface area is 131 Å². The molecule has 3 unspecified atom stereocenters. The van der Waals surface area contributed by atoms with Crippen LogP contribution in [0.2, 0.25) is 0 Å². The van der Waals surface area contributed by atoms with Gasteiger partial charge in [-0.1, -0.05) is 36.8 Å². The molecule has 0 radical (unpaired) electrons. The van der Waals surface area contributed by atoms with E-state index < -0.39 is 5.97 Å². The van der Waals surface area contributed by atoms with Gasteiger partial charge in [-0.2, -0.15) is 0 Å². The van der Waals surface area contributed by atoms with Crippen LogP contribution in [0.4, 0.5) is 0 Å². The Hall–Kier alpha value is -1.84. The van der Waals surface area contributed by atoms with E-state index in [0.717, 1.165) is 25.7 Å². The molecule has 1 amide bonds. The number of nitrogens with one attached hydrogen (secondary N) is 1. The number of hydrogen-bond acceptors (Lipinski definition) is 2. The fraction of sp³-hybridized carbons (Fsp3) is 0.556. The first-order valence-electron chi connectivity index (χ1n) is 8.13. The fourth-order valence-electron chi connectivity index (χ4n) is 3.11. The Morgan fingerprint density at radius 1 is 1.23 bits per heavy atom. The number of carboxylic acid groups (broad SMARTS) is 1. The number of carbonyl (C=O) groups is 2. The summed E-state index contributed by atoms with van der Waals surface area (Å²) in [7, 11) is 0. The van der Waals surface area contributed by atoms with Crippen LogP contribution >= 0.6 is 0 Å². The van der Waals surface area contributed by atoms with Crippen LogP contribution in [0.25, 0.3) is 0 Å². The van der Waals surface area contributed by atoms with E-state index >= 15 is 0 Å². The van der Waals surface area contributed by atoms with E-state index in [1.54, 1.807) is 0 Å². The molecular formula is C18H25NO3. The number of rotatable bonds is 6. The summed E-state index contributed by atoms with van der Waals surface area (Å²) in [5.41, 5.74) is 1.27. The Morgan fingerprint density at radius 2 is 1.91 bits per heavy atom. The standard InChI is InChI=1S/C18H25NO3/c1-13(10-11-14-6-3-2-4-7-14)19-17(20)15-8-5-9-16(12-15)18(21)22/h2-4,6-7,13,15-16H,5,8-12H2,1H3,(H,19,20)(H,21,22). The van der Waals surface area contributed by atoms with E-state index in [-0.39, 0.29) is 23.8 Å². The van der Waals surface area contributed by atoms with E-state index in [9.17, 15) is 9.59 Å². The van der Waals surface area contributed by atoms with Crippen LogP contribution in [-0.4, -0.2) is 23.0 Å². The number of carbonyl (C=O) groups excluding carboxylic acids is 1. The maximum atomic E-state index is 12.3. The second-order valence-electron chi connectivity index (χ2n) is 6.33. The molecule has 1 aliphatic rings. The van der Waals surface area contributed by atoms with Gasteiger partial charge in [0.25, 0.3) is 0 Å². The summed E-state index contributed by atoms with van der Waals surface area (Å²) in [6, 6.07) is 10.3. The summed E-state index contributed by atoms with van der Waals surface area (Å²) in [6.45, 7) is 2.01. The molecule has 0 heterocycles. The van der Waals surface area contributed by atoms with Crippen molar-refractivity contribution in [2.75, 3.05) is 0 Å². The van der Waals surface area contributed by atoms with Gasteiger partial charge in [0, 0.05) is 12.0 Å². The molecule has 1 saturated carbocycles. The van der Waals surface area contributed by atoms with Crippen LogP contribution < -0.4 is 5.32 Å². The largest absolute Gasteiger partial charge is 0.481 e. The molecule has 0 saturated heterocycles. The van der Waals surface area contributed by atoms with Gasteiger partial charge in [0.2, 0.25) is 5.91 Å². The molecule has 22 heavy (non-hydrogen) atoms. The van der Waals surface area contributed by atoms with E-state index in [1.807, 2.05) is 25.1 Å². The maximum Gasteiger partial charge on any atom is 0.306 e. The lowest BCUT2D eigenvalue weighted by Gasteiger charge is -2.27. The number of aliphatic carboxylic acids is 1. The summed E-state index contributed by atoms with van der Waals surface area (Å²) in [4.78, 5) is 23.4. The predicted octanol–water partition coefficient (Wildman–Crippen LogP) is 3.01. The number of aryl methyl sites for hydroxylation is 1. The molecule has 1 aromatic carbocycles. The van der Waals surface area contributed by atoms with Crippen molar-refractivity contribution in [3.8, 4) is 0 Å². The van der Waals surface area contributed by atoms with Crippen molar-refractivity contribution in [1.82, 2.24) is 5.32 Å². The highest BCUT2D eigenvalue weighted by atomic mass is 16.4. The van der Waals surface area contributed by atoms with E-state index in [0.29, 0.717) is 12.8 Å². The highest BCUT2D eigenvalue weighted by molar-refractivity contribution is 5.80. The molecule has 0 aromatic heterocycles. The van der Waals surface area contributed by atoms with Gasteiger partial charge in [0.15, 0.2) is 0 Å².